The zero-order valence-corrected chi connectivity index (χ0v) is 9.53. The maximum atomic E-state index is 11.3. The summed E-state index contributed by atoms with van der Waals surface area (Å²) in [5.41, 5.74) is 0.811. The molecule has 0 saturated carbocycles. The molecule has 0 aromatic carbocycles. The molecule has 0 bridgehead atoms. The van der Waals surface area contributed by atoms with E-state index in [2.05, 4.69) is 4.98 Å². The fourth-order valence-electron chi connectivity index (χ4n) is 2.04. The molecule has 1 aromatic heterocycles. The van der Waals surface area contributed by atoms with Crippen LogP contribution in [0.25, 0.3) is 0 Å². The van der Waals surface area contributed by atoms with Crippen molar-refractivity contribution >= 4 is 35.3 Å². The minimum absolute atomic E-state index is 0.532. The van der Waals surface area contributed by atoms with Crippen molar-refractivity contribution in [2.24, 2.45) is 5.92 Å². The number of carboxylic acid groups (broad SMARTS) is 1. The van der Waals surface area contributed by atoms with Crippen LogP contribution in [0.15, 0.2) is 41.6 Å². The van der Waals surface area contributed by atoms with E-state index in [9.17, 15) is 9.90 Å². The van der Waals surface area contributed by atoms with E-state index in [4.69, 9.17) is 11.6 Å². The van der Waals surface area contributed by atoms with Gasteiger partial charge in [0.25, 0.3) is 0 Å². The molecular weight excluding hydrogens is 221 g/mol. The van der Waals surface area contributed by atoms with Crippen molar-refractivity contribution in [3.8, 4) is 0 Å². The van der Waals surface area contributed by atoms with Crippen LogP contribution in [0.3, 0.4) is 0 Å². The third-order valence-electron chi connectivity index (χ3n) is 3.09. The molecular formula is C11H9ClLiNO2. The first kappa shape index (κ1) is 11.6. The molecule has 1 heterocycles. The summed E-state index contributed by atoms with van der Waals surface area (Å²) in [5.74, 6) is -1.52. The Morgan fingerprint density at radius 1 is 1.62 bits per heavy atom. The number of aromatic amines is 1. The van der Waals surface area contributed by atoms with Gasteiger partial charge in [-0.1, -0.05) is 0 Å². The molecule has 1 aliphatic carbocycles. The molecule has 0 spiro atoms. The molecule has 0 aliphatic heterocycles. The molecule has 1 aromatic rings. The molecule has 2 N–H and O–H groups in total. The van der Waals surface area contributed by atoms with Gasteiger partial charge in [0.2, 0.25) is 0 Å². The molecule has 16 heavy (non-hydrogen) atoms. The van der Waals surface area contributed by atoms with E-state index in [0.717, 1.165) is 5.69 Å². The predicted molar refractivity (Wildman–Crippen MR) is 62.4 cm³/mol. The van der Waals surface area contributed by atoms with Crippen LogP contribution >= 0.6 is 11.6 Å². The molecule has 0 saturated heterocycles. The quantitative estimate of drug-likeness (QED) is 0.760. The predicted octanol–water partition coefficient (Wildman–Crippen LogP) is 1.77. The van der Waals surface area contributed by atoms with Crippen molar-refractivity contribution in [2.45, 2.75) is 4.09 Å². The number of rotatable bonds is 2. The summed E-state index contributed by atoms with van der Waals surface area (Å²) in [6.07, 6.45) is 6.85. The molecule has 2 atom stereocenters. The number of aliphatic carboxylic acids is 1. The van der Waals surface area contributed by atoms with Crippen molar-refractivity contribution in [2.75, 3.05) is 0 Å². The van der Waals surface area contributed by atoms with E-state index in [-0.39, 0.29) is 0 Å². The summed E-state index contributed by atoms with van der Waals surface area (Å²) in [6, 6.07) is 3.69. The minimum atomic E-state index is -0.875. The number of carboxylic acids is 1. The number of hydrogen-bond acceptors (Lipinski definition) is 1. The number of H-pyrrole nitrogens is 1. The van der Waals surface area contributed by atoms with Crippen LogP contribution in [0, 0.1) is 5.92 Å². The third-order valence-corrected chi connectivity index (χ3v) is 3.61. The monoisotopic (exact) mass is 229 g/mol. The van der Waals surface area contributed by atoms with E-state index in [1.54, 1.807) is 24.4 Å². The molecule has 2 unspecified atom stereocenters. The van der Waals surface area contributed by atoms with E-state index in [0.29, 0.717) is 5.03 Å². The van der Waals surface area contributed by atoms with E-state index in [1.165, 1.54) is 0 Å². The van der Waals surface area contributed by atoms with Crippen LogP contribution in [-0.4, -0.2) is 33.8 Å². The van der Waals surface area contributed by atoms with Gasteiger partial charge in [-0.2, -0.15) is 0 Å². The number of carbonyl (C=O) groups is 1. The van der Waals surface area contributed by atoms with Crippen LogP contribution in [0.4, 0.5) is 0 Å². The normalized spacial score (nSPS) is 28.9. The summed E-state index contributed by atoms with van der Waals surface area (Å²) >= 11 is 8.01. The van der Waals surface area contributed by atoms with Gasteiger partial charge in [-0.15, -0.1) is 0 Å². The molecule has 5 heteroatoms. The molecule has 0 amide bonds. The van der Waals surface area contributed by atoms with Crippen molar-refractivity contribution in [3.63, 3.8) is 0 Å². The average Bonchev–Trinajstić information content (AvgIpc) is 2.75. The molecule has 3 nitrogen and oxygen atoms in total. The summed E-state index contributed by atoms with van der Waals surface area (Å²) in [6.45, 7) is 0. The zero-order valence-electron chi connectivity index (χ0n) is 8.77. The van der Waals surface area contributed by atoms with Crippen LogP contribution in [0.5, 0.6) is 0 Å². The third kappa shape index (κ3) is 1.65. The average molecular weight is 230 g/mol. The Bertz CT molecular complexity index is 466. The molecule has 0 radical (unpaired) electrons. The van der Waals surface area contributed by atoms with Crippen molar-refractivity contribution in [1.29, 1.82) is 0 Å². The van der Waals surface area contributed by atoms with Gasteiger partial charge in [-0.05, 0) is 0 Å². The Kier molecular flexibility index (Phi) is 3.03. The second kappa shape index (κ2) is 4.18. The summed E-state index contributed by atoms with van der Waals surface area (Å²) < 4.78 is -0.717. The Morgan fingerprint density at radius 2 is 2.38 bits per heavy atom. The number of nitrogens with one attached hydrogen (secondary N) is 1. The Morgan fingerprint density at radius 3 is 2.94 bits per heavy atom. The second-order valence-corrected chi connectivity index (χ2v) is 4.41. The van der Waals surface area contributed by atoms with Gasteiger partial charge in [0.15, 0.2) is 0 Å². The van der Waals surface area contributed by atoms with E-state index >= 15 is 0 Å². The first-order valence-electron chi connectivity index (χ1n) is 4.98. The van der Waals surface area contributed by atoms with E-state index < -0.39 is 16.0 Å². The Hall–Kier alpha value is -0.883. The SMILES string of the molecule is [Li][C]1(c2ccc[nH]2)C(Cl)=CC=CC1C(=O)O. The standard InChI is InChI=1S/C11H9ClNO2.Li/c12-8-4-1-3-7(11(14)15)10(8)9-5-2-6-13-9;/h1-7,13H,(H,14,15);. The first-order valence-corrected chi connectivity index (χ1v) is 5.35. The van der Waals surface area contributed by atoms with Crippen LogP contribution < -0.4 is 0 Å². The fraction of sp³-hybridized carbons (Fsp3) is 0.182. The number of aromatic nitrogens is 1. The summed E-state index contributed by atoms with van der Waals surface area (Å²) in [4.78, 5) is 14.3. The Labute approximate surface area is 107 Å². The van der Waals surface area contributed by atoms with Crippen LogP contribution in [-0.2, 0) is 8.88 Å². The Balaban J connectivity index is 2.54. The van der Waals surface area contributed by atoms with E-state index in [1.807, 2.05) is 29.8 Å². The second-order valence-electron chi connectivity index (χ2n) is 4.00. The first-order chi connectivity index (χ1) is 7.56. The van der Waals surface area contributed by atoms with Gasteiger partial charge in [0.1, 0.15) is 0 Å². The number of hydrogen-bond donors (Lipinski definition) is 2. The van der Waals surface area contributed by atoms with Crippen molar-refractivity contribution in [3.05, 3.63) is 47.3 Å². The van der Waals surface area contributed by atoms with Crippen LogP contribution in [0.2, 0.25) is 0 Å². The van der Waals surface area contributed by atoms with Gasteiger partial charge in [0.05, 0.1) is 0 Å². The van der Waals surface area contributed by atoms with Gasteiger partial charge in [0, 0.05) is 0 Å². The van der Waals surface area contributed by atoms with Crippen molar-refractivity contribution in [1.82, 2.24) is 4.98 Å². The topological polar surface area (TPSA) is 53.1 Å². The molecule has 2 rings (SSSR count). The maximum absolute atomic E-state index is 11.3. The molecule has 78 valence electrons. The van der Waals surface area contributed by atoms with Crippen molar-refractivity contribution < 1.29 is 9.90 Å². The van der Waals surface area contributed by atoms with Crippen LogP contribution in [0.1, 0.15) is 5.69 Å². The van der Waals surface area contributed by atoms with Gasteiger partial charge >= 0.3 is 107 Å². The number of allylic oxidation sites excluding steroid dienone is 3. The zero-order chi connectivity index (χ0) is 11.8. The fourth-order valence-corrected chi connectivity index (χ4v) is 2.34. The van der Waals surface area contributed by atoms with Gasteiger partial charge in [-0.25, -0.2) is 0 Å². The molecule has 1 aliphatic rings. The number of halogens is 1. The van der Waals surface area contributed by atoms with Gasteiger partial charge < -0.3 is 0 Å². The summed E-state index contributed by atoms with van der Waals surface area (Å²) in [7, 11) is 0. The van der Waals surface area contributed by atoms with Gasteiger partial charge in [-0.3, -0.25) is 0 Å². The summed E-state index contributed by atoms with van der Waals surface area (Å²) in [5, 5.41) is 9.77. The molecule has 0 fully saturated rings.